The number of likely N-dealkylation sites (tertiary alicyclic amines) is 1. The van der Waals surface area contributed by atoms with E-state index >= 15 is 0 Å². The first-order valence-electron chi connectivity index (χ1n) is 11.9. The van der Waals surface area contributed by atoms with Crippen LogP contribution in [-0.4, -0.2) is 59.5 Å². The first-order chi connectivity index (χ1) is 16.5. The molecule has 0 radical (unpaired) electrons. The lowest BCUT2D eigenvalue weighted by Crippen LogP contribution is -2.55. The molecule has 1 aromatic carbocycles. The summed E-state index contributed by atoms with van der Waals surface area (Å²) in [6, 6.07) is 8.26. The molecule has 2 N–H and O–H groups in total. The number of alkyl carbamates (subject to hydrolysis) is 1. The van der Waals surface area contributed by atoms with Gasteiger partial charge in [0.05, 0.1) is 0 Å². The van der Waals surface area contributed by atoms with Crippen molar-refractivity contribution in [2.45, 2.75) is 70.4 Å². The standard InChI is InChI=1S/C26H36N2O4.CH2O2/c1-6-7-10-20-17-19-11-8-9-12-21(19)22(20)18-31-23(29)27-26(5)13-15-28(16-14-26)24(30)32-25(2,3)4;2-1-3/h6,8-9,11-12,17,22H,1,7,10,13-16,18H2,2-5H3,(H,27,29);1H,(H,2,3). The summed E-state index contributed by atoms with van der Waals surface area (Å²) >= 11 is 0. The number of carbonyl (C=O) groups is 3. The summed E-state index contributed by atoms with van der Waals surface area (Å²) in [5.74, 6) is 0.0821. The van der Waals surface area contributed by atoms with Gasteiger partial charge in [0.15, 0.2) is 0 Å². The maximum absolute atomic E-state index is 12.6. The molecule has 1 atom stereocenters. The van der Waals surface area contributed by atoms with Gasteiger partial charge in [-0.25, -0.2) is 9.59 Å². The van der Waals surface area contributed by atoms with Gasteiger partial charge in [-0.15, -0.1) is 6.58 Å². The summed E-state index contributed by atoms with van der Waals surface area (Å²) in [5.41, 5.74) is 2.75. The van der Waals surface area contributed by atoms with Crippen LogP contribution < -0.4 is 5.32 Å². The fourth-order valence-electron chi connectivity index (χ4n) is 4.25. The number of piperidine rings is 1. The van der Waals surface area contributed by atoms with Crippen molar-refractivity contribution >= 4 is 24.7 Å². The van der Waals surface area contributed by atoms with Gasteiger partial charge < -0.3 is 24.8 Å². The number of carboxylic acid groups (broad SMARTS) is 1. The minimum atomic E-state index is -0.516. The van der Waals surface area contributed by atoms with Crippen LogP contribution in [0.5, 0.6) is 0 Å². The zero-order valence-electron chi connectivity index (χ0n) is 21.2. The number of ether oxygens (including phenoxy) is 2. The number of benzene rings is 1. The van der Waals surface area contributed by atoms with Crippen LogP contribution in [-0.2, 0) is 14.3 Å². The maximum Gasteiger partial charge on any atom is 0.410 e. The van der Waals surface area contributed by atoms with Gasteiger partial charge in [0.2, 0.25) is 0 Å². The molecule has 1 heterocycles. The topological polar surface area (TPSA) is 105 Å². The molecule has 0 spiro atoms. The minimum absolute atomic E-state index is 0.0821. The van der Waals surface area contributed by atoms with Crippen molar-refractivity contribution in [2.24, 2.45) is 0 Å². The highest BCUT2D eigenvalue weighted by Gasteiger charge is 2.35. The normalized spacial score (nSPS) is 18.2. The molecule has 1 unspecified atom stereocenters. The van der Waals surface area contributed by atoms with Gasteiger partial charge in [-0.2, -0.15) is 0 Å². The predicted molar refractivity (Wildman–Crippen MR) is 135 cm³/mol. The number of nitrogens with one attached hydrogen (secondary N) is 1. The van der Waals surface area contributed by atoms with Crippen LogP contribution in [0, 0.1) is 0 Å². The lowest BCUT2D eigenvalue weighted by Gasteiger charge is -2.39. The molecule has 8 nitrogen and oxygen atoms in total. The van der Waals surface area contributed by atoms with Crippen LogP contribution in [0.15, 0.2) is 42.5 Å². The second-order valence-corrected chi connectivity index (χ2v) is 10.1. The fraction of sp³-hybridized carbons (Fsp3) is 0.519. The molecule has 1 aliphatic carbocycles. The van der Waals surface area contributed by atoms with E-state index in [1.807, 2.05) is 45.9 Å². The summed E-state index contributed by atoms with van der Waals surface area (Å²) in [6.45, 7) is 12.5. The number of carbonyl (C=O) groups excluding carboxylic acids is 2. The first kappa shape index (κ1) is 28.0. The van der Waals surface area contributed by atoms with E-state index in [-0.39, 0.29) is 18.5 Å². The van der Waals surface area contributed by atoms with Crippen molar-refractivity contribution in [3.8, 4) is 0 Å². The van der Waals surface area contributed by atoms with Crippen molar-refractivity contribution in [3.05, 3.63) is 53.6 Å². The molecule has 1 fully saturated rings. The lowest BCUT2D eigenvalue weighted by molar-refractivity contribution is -0.122. The van der Waals surface area contributed by atoms with Crippen LogP contribution in [0.4, 0.5) is 9.59 Å². The van der Waals surface area contributed by atoms with E-state index in [2.05, 4.69) is 30.1 Å². The largest absolute Gasteiger partial charge is 0.483 e. The third kappa shape index (κ3) is 8.46. The monoisotopic (exact) mass is 486 g/mol. The molecule has 2 amide bonds. The van der Waals surface area contributed by atoms with Gasteiger partial charge in [-0.3, -0.25) is 4.79 Å². The molecule has 1 aliphatic heterocycles. The summed E-state index contributed by atoms with van der Waals surface area (Å²) in [6.07, 6.45) is 6.51. The zero-order chi connectivity index (χ0) is 26.1. The molecule has 192 valence electrons. The molecule has 8 heteroatoms. The van der Waals surface area contributed by atoms with E-state index in [1.165, 1.54) is 16.7 Å². The summed E-state index contributed by atoms with van der Waals surface area (Å²) in [7, 11) is 0. The Hall–Kier alpha value is -3.29. The molecule has 0 saturated carbocycles. The van der Waals surface area contributed by atoms with Gasteiger partial charge in [-0.1, -0.05) is 42.0 Å². The van der Waals surface area contributed by atoms with Crippen molar-refractivity contribution in [2.75, 3.05) is 19.7 Å². The van der Waals surface area contributed by atoms with Crippen LogP contribution in [0.3, 0.4) is 0 Å². The molecule has 0 aromatic heterocycles. The maximum atomic E-state index is 12.6. The fourth-order valence-corrected chi connectivity index (χ4v) is 4.25. The third-order valence-corrected chi connectivity index (χ3v) is 6.10. The lowest BCUT2D eigenvalue weighted by atomic mass is 9.90. The molecule has 0 bridgehead atoms. The predicted octanol–water partition coefficient (Wildman–Crippen LogP) is 5.35. The zero-order valence-corrected chi connectivity index (χ0v) is 21.2. The second kappa shape index (κ2) is 12.4. The van der Waals surface area contributed by atoms with Crippen molar-refractivity contribution in [3.63, 3.8) is 0 Å². The molecule has 3 rings (SSSR count). The van der Waals surface area contributed by atoms with E-state index < -0.39 is 17.2 Å². The Morgan fingerprint density at radius 2 is 1.89 bits per heavy atom. The highest BCUT2D eigenvalue weighted by atomic mass is 16.6. The number of allylic oxidation sites excluding steroid dienone is 1. The van der Waals surface area contributed by atoms with Crippen LogP contribution >= 0.6 is 0 Å². The van der Waals surface area contributed by atoms with Gasteiger partial charge in [0.25, 0.3) is 6.47 Å². The van der Waals surface area contributed by atoms with E-state index in [4.69, 9.17) is 19.4 Å². The van der Waals surface area contributed by atoms with E-state index in [0.717, 1.165) is 12.8 Å². The van der Waals surface area contributed by atoms with Crippen LogP contribution in [0.2, 0.25) is 0 Å². The Bertz CT molecular complexity index is 926. The molecule has 1 aromatic rings. The Morgan fingerprint density at radius 1 is 1.26 bits per heavy atom. The summed E-state index contributed by atoms with van der Waals surface area (Å²) < 4.78 is 11.1. The second-order valence-electron chi connectivity index (χ2n) is 10.1. The minimum Gasteiger partial charge on any atom is -0.483 e. The average Bonchev–Trinajstić information content (AvgIpc) is 3.13. The Labute approximate surface area is 208 Å². The Balaban J connectivity index is 0.00000137. The number of fused-ring (bicyclic) bond motifs is 1. The SMILES string of the molecule is C=CCCC1=Cc2ccccc2C1COC(=O)NC1(C)CCN(C(=O)OC(C)(C)C)CC1.O=CO. The average molecular weight is 487 g/mol. The molecule has 1 saturated heterocycles. The van der Waals surface area contributed by atoms with E-state index in [0.29, 0.717) is 32.5 Å². The Kier molecular flexibility index (Phi) is 9.92. The quantitative estimate of drug-likeness (QED) is 0.415. The highest BCUT2D eigenvalue weighted by molar-refractivity contribution is 5.70. The van der Waals surface area contributed by atoms with E-state index in [9.17, 15) is 9.59 Å². The first-order valence-corrected chi connectivity index (χ1v) is 11.9. The highest BCUT2D eigenvalue weighted by Crippen LogP contribution is 2.38. The Morgan fingerprint density at radius 3 is 2.49 bits per heavy atom. The summed E-state index contributed by atoms with van der Waals surface area (Å²) in [5, 5.41) is 9.92. The third-order valence-electron chi connectivity index (χ3n) is 6.10. The smallest absolute Gasteiger partial charge is 0.410 e. The van der Waals surface area contributed by atoms with Crippen molar-refractivity contribution < 1.29 is 29.0 Å². The molecule has 35 heavy (non-hydrogen) atoms. The number of nitrogens with zero attached hydrogens (tertiary/aromatic N) is 1. The van der Waals surface area contributed by atoms with Gasteiger partial charge in [0, 0.05) is 24.5 Å². The molecular weight excluding hydrogens is 448 g/mol. The summed E-state index contributed by atoms with van der Waals surface area (Å²) in [4.78, 5) is 35.0. The van der Waals surface area contributed by atoms with Gasteiger partial charge in [-0.05, 0) is 64.5 Å². The number of hydrogen-bond donors (Lipinski definition) is 2. The van der Waals surface area contributed by atoms with Crippen molar-refractivity contribution in [1.29, 1.82) is 0 Å². The number of hydrogen-bond acceptors (Lipinski definition) is 5. The van der Waals surface area contributed by atoms with Crippen LogP contribution in [0.1, 0.15) is 70.4 Å². The molecular formula is C27H38N2O6. The van der Waals surface area contributed by atoms with Crippen LogP contribution in [0.25, 0.3) is 6.08 Å². The number of rotatable bonds is 6. The number of amides is 2. The van der Waals surface area contributed by atoms with Gasteiger partial charge >= 0.3 is 12.2 Å². The van der Waals surface area contributed by atoms with E-state index in [1.54, 1.807) is 4.90 Å². The molecule has 2 aliphatic rings. The van der Waals surface area contributed by atoms with Crippen molar-refractivity contribution in [1.82, 2.24) is 10.2 Å². The van der Waals surface area contributed by atoms with Gasteiger partial charge in [0.1, 0.15) is 12.2 Å².